The molecule has 1 aliphatic heterocycles. The summed E-state index contributed by atoms with van der Waals surface area (Å²) in [5.41, 5.74) is -0.146. The Bertz CT molecular complexity index is 594. The lowest BCUT2D eigenvalue weighted by Gasteiger charge is -2.26. The van der Waals surface area contributed by atoms with Crippen molar-refractivity contribution in [2.75, 3.05) is 13.7 Å². The summed E-state index contributed by atoms with van der Waals surface area (Å²) >= 11 is 0. The van der Waals surface area contributed by atoms with Gasteiger partial charge in [0.05, 0.1) is 13.0 Å². The molecule has 3 rings (SSSR count). The van der Waals surface area contributed by atoms with E-state index in [0.717, 1.165) is 11.3 Å². The molecule has 1 amide bonds. The number of ether oxygens (including phenoxy) is 2. The number of fused-ring (bicyclic) bond motifs is 1. The van der Waals surface area contributed by atoms with Gasteiger partial charge < -0.3 is 19.9 Å². The maximum absolute atomic E-state index is 12.2. The van der Waals surface area contributed by atoms with Crippen molar-refractivity contribution in [3.63, 3.8) is 0 Å². The van der Waals surface area contributed by atoms with Gasteiger partial charge in [-0.3, -0.25) is 4.79 Å². The highest BCUT2D eigenvalue weighted by Crippen LogP contribution is 2.37. The van der Waals surface area contributed by atoms with E-state index in [1.165, 1.54) is 0 Å². The zero-order valence-corrected chi connectivity index (χ0v) is 11.7. The molecule has 1 aromatic carbocycles. The van der Waals surface area contributed by atoms with Crippen LogP contribution in [0, 0.1) is 5.92 Å². The van der Waals surface area contributed by atoms with Gasteiger partial charge in [-0.25, -0.2) is 4.79 Å². The largest absolute Gasteiger partial charge is 0.497 e. The molecule has 1 aromatic rings. The minimum atomic E-state index is -1.05. The topological polar surface area (TPSA) is 84.9 Å². The molecule has 2 aliphatic rings. The molecular formula is C15H17NO5. The van der Waals surface area contributed by atoms with Crippen LogP contribution in [0.15, 0.2) is 18.2 Å². The molecule has 0 saturated heterocycles. The summed E-state index contributed by atoms with van der Waals surface area (Å²) in [6.07, 6.45) is 1.51. The molecular weight excluding hydrogens is 274 g/mol. The van der Waals surface area contributed by atoms with E-state index >= 15 is 0 Å². The SMILES string of the molecule is COc1ccc2c(c1)CC(C(=O)NC1(C(=O)O)CC1)CO2. The number of carboxylic acids is 1. The molecule has 0 spiro atoms. The van der Waals surface area contributed by atoms with E-state index in [0.29, 0.717) is 25.0 Å². The first-order valence-electron chi connectivity index (χ1n) is 6.89. The van der Waals surface area contributed by atoms with E-state index < -0.39 is 11.5 Å². The number of rotatable bonds is 4. The second kappa shape index (κ2) is 4.95. The van der Waals surface area contributed by atoms with Gasteiger partial charge in [-0.05, 0) is 43.0 Å². The van der Waals surface area contributed by atoms with Crippen LogP contribution in [0.5, 0.6) is 11.5 Å². The molecule has 2 N–H and O–H groups in total. The first-order chi connectivity index (χ1) is 10.0. The quantitative estimate of drug-likeness (QED) is 0.864. The molecule has 1 aliphatic carbocycles. The van der Waals surface area contributed by atoms with Crippen LogP contribution >= 0.6 is 0 Å². The lowest BCUT2D eigenvalue weighted by atomic mass is 9.95. The summed E-state index contributed by atoms with van der Waals surface area (Å²) in [6, 6.07) is 5.48. The van der Waals surface area contributed by atoms with E-state index in [9.17, 15) is 9.59 Å². The minimum Gasteiger partial charge on any atom is -0.497 e. The number of hydrogen-bond donors (Lipinski definition) is 2. The third-order valence-corrected chi connectivity index (χ3v) is 4.07. The molecule has 1 saturated carbocycles. The number of benzene rings is 1. The molecule has 112 valence electrons. The van der Waals surface area contributed by atoms with E-state index in [-0.39, 0.29) is 18.4 Å². The fraction of sp³-hybridized carbons (Fsp3) is 0.467. The number of carboxylic acid groups (broad SMARTS) is 1. The highest BCUT2D eigenvalue weighted by molar-refractivity contribution is 5.90. The number of nitrogens with one attached hydrogen (secondary N) is 1. The third kappa shape index (κ3) is 2.53. The van der Waals surface area contributed by atoms with Crippen LogP contribution < -0.4 is 14.8 Å². The van der Waals surface area contributed by atoms with Gasteiger partial charge in [0.15, 0.2) is 0 Å². The Kier molecular flexibility index (Phi) is 3.23. The van der Waals surface area contributed by atoms with Crippen molar-refractivity contribution in [1.29, 1.82) is 0 Å². The third-order valence-electron chi connectivity index (χ3n) is 4.07. The molecule has 21 heavy (non-hydrogen) atoms. The van der Waals surface area contributed by atoms with Gasteiger partial charge in [0.25, 0.3) is 0 Å². The van der Waals surface area contributed by atoms with Crippen LogP contribution in [0.2, 0.25) is 0 Å². The summed E-state index contributed by atoms with van der Waals surface area (Å²) in [4.78, 5) is 23.4. The Morgan fingerprint density at radius 3 is 2.81 bits per heavy atom. The monoisotopic (exact) mass is 291 g/mol. The van der Waals surface area contributed by atoms with E-state index in [4.69, 9.17) is 14.6 Å². The molecule has 0 aromatic heterocycles. The van der Waals surface area contributed by atoms with Gasteiger partial charge in [0.1, 0.15) is 23.6 Å². The van der Waals surface area contributed by atoms with Crippen LogP contribution in [0.4, 0.5) is 0 Å². The molecule has 6 nitrogen and oxygen atoms in total. The Morgan fingerprint density at radius 2 is 2.19 bits per heavy atom. The standard InChI is InChI=1S/C15H17NO5/c1-20-11-2-3-12-9(7-11)6-10(8-21-12)13(17)16-15(4-5-15)14(18)19/h2-3,7,10H,4-6,8H2,1H3,(H,16,17)(H,18,19). The van der Waals surface area contributed by atoms with Crippen molar-refractivity contribution in [2.45, 2.75) is 24.8 Å². The smallest absolute Gasteiger partial charge is 0.329 e. The zero-order valence-electron chi connectivity index (χ0n) is 11.7. The van der Waals surface area contributed by atoms with Crippen molar-refractivity contribution in [1.82, 2.24) is 5.32 Å². The van der Waals surface area contributed by atoms with Crippen molar-refractivity contribution in [3.05, 3.63) is 23.8 Å². The zero-order chi connectivity index (χ0) is 15.0. The van der Waals surface area contributed by atoms with Crippen molar-refractivity contribution < 1.29 is 24.2 Å². The maximum Gasteiger partial charge on any atom is 0.329 e. The molecule has 6 heteroatoms. The number of aliphatic carboxylic acids is 1. The number of carbonyl (C=O) groups is 2. The van der Waals surface area contributed by atoms with Crippen molar-refractivity contribution >= 4 is 11.9 Å². The van der Waals surface area contributed by atoms with Gasteiger partial charge in [-0.1, -0.05) is 0 Å². The first-order valence-corrected chi connectivity index (χ1v) is 6.89. The highest BCUT2D eigenvalue weighted by atomic mass is 16.5. The van der Waals surface area contributed by atoms with E-state index in [1.807, 2.05) is 18.2 Å². The minimum absolute atomic E-state index is 0.261. The summed E-state index contributed by atoms with van der Waals surface area (Å²) in [7, 11) is 1.58. The number of hydrogen-bond acceptors (Lipinski definition) is 4. The summed E-state index contributed by atoms with van der Waals surface area (Å²) in [5, 5.41) is 11.8. The van der Waals surface area contributed by atoms with Crippen LogP contribution in [0.1, 0.15) is 18.4 Å². The maximum atomic E-state index is 12.2. The van der Waals surface area contributed by atoms with Crippen LogP contribution in [0.3, 0.4) is 0 Å². The molecule has 1 heterocycles. The second-order valence-corrected chi connectivity index (χ2v) is 5.56. The van der Waals surface area contributed by atoms with Gasteiger partial charge in [0.2, 0.25) is 5.91 Å². The van der Waals surface area contributed by atoms with Gasteiger partial charge >= 0.3 is 5.97 Å². The fourth-order valence-electron chi connectivity index (χ4n) is 2.52. The van der Waals surface area contributed by atoms with E-state index in [2.05, 4.69) is 5.32 Å². The summed E-state index contributed by atoms with van der Waals surface area (Å²) < 4.78 is 10.8. The Labute approximate surface area is 122 Å². The number of amides is 1. The predicted molar refractivity (Wildman–Crippen MR) is 73.4 cm³/mol. The van der Waals surface area contributed by atoms with E-state index in [1.54, 1.807) is 7.11 Å². The highest BCUT2D eigenvalue weighted by Gasteiger charge is 2.52. The fourth-order valence-corrected chi connectivity index (χ4v) is 2.52. The predicted octanol–water partition coefficient (Wildman–Crippen LogP) is 0.980. The summed E-state index contributed by atoms with van der Waals surface area (Å²) in [6.45, 7) is 0.265. The lowest BCUT2D eigenvalue weighted by Crippen LogP contribution is -2.47. The van der Waals surface area contributed by atoms with Crippen molar-refractivity contribution in [3.8, 4) is 11.5 Å². The lowest BCUT2D eigenvalue weighted by molar-refractivity contribution is -0.144. The van der Waals surface area contributed by atoms with Crippen LogP contribution in [-0.4, -0.2) is 36.2 Å². The van der Waals surface area contributed by atoms with Gasteiger partial charge in [0, 0.05) is 0 Å². The Balaban J connectivity index is 1.70. The van der Waals surface area contributed by atoms with Crippen LogP contribution in [-0.2, 0) is 16.0 Å². The van der Waals surface area contributed by atoms with Gasteiger partial charge in [-0.15, -0.1) is 0 Å². The Hall–Kier alpha value is -2.24. The first kappa shape index (κ1) is 13.7. The average molecular weight is 291 g/mol. The molecule has 0 radical (unpaired) electrons. The molecule has 0 bridgehead atoms. The van der Waals surface area contributed by atoms with Crippen molar-refractivity contribution in [2.24, 2.45) is 5.92 Å². The molecule has 1 atom stereocenters. The molecule has 1 unspecified atom stereocenters. The number of carbonyl (C=O) groups excluding carboxylic acids is 1. The Morgan fingerprint density at radius 1 is 1.43 bits per heavy atom. The summed E-state index contributed by atoms with van der Waals surface area (Å²) in [5.74, 6) is -0.138. The van der Waals surface area contributed by atoms with Gasteiger partial charge in [-0.2, -0.15) is 0 Å². The second-order valence-electron chi connectivity index (χ2n) is 5.56. The molecule has 1 fully saturated rings. The normalized spacial score (nSPS) is 21.7. The number of methoxy groups -OCH3 is 1. The van der Waals surface area contributed by atoms with Crippen LogP contribution in [0.25, 0.3) is 0 Å². The average Bonchev–Trinajstić information content (AvgIpc) is 3.27.